The molecule has 1 rings (SSSR count). The lowest BCUT2D eigenvalue weighted by molar-refractivity contribution is 1.41. The monoisotopic (exact) mass is 129 g/mol. The van der Waals surface area contributed by atoms with Crippen molar-refractivity contribution in [1.29, 1.82) is 5.26 Å². The van der Waals surface area contributed by atoms with E-state index >= 15 is 0 Å². The van der Waals surface area contributed by atoms with Gasteiger partial charge >= 0.3 is 0 Å². The second-order valence-corrected chi connectivity index (χ2v) is 2.43. The van der Waals surface area contributed by atoms with Gasteiger partial charge in [0.2, 0.25) is 0 Å². The van der Waals surface area contributed by atoms with E-state index in [1.807, 2.05) is 33.0 Å². The molecular weight excluding hydrogens is 121 g/mol. The second kappa shape index (κ2) is 2.57. The lowest BCUT2D eigenvalue weighted by Gasteiger charge is -1.96. The second-order valence-electron chi connectivity index (χ2n) is 2.43. The van der Waals surface area contributed by atoms with Crippen molar-refractivity contribution in [1.82, 2.24) is 0 Å². The van der Waals surface area contributed by atoms with Gasteiger partial charge in [0.15, 0.2) is 0 Å². The van der Waals surface area contributed by atoms with Crippen molar-refractivity contribution < 1.29 is 0 Å². The van der Waals surface area contributed by atoms with E-state index in [9.17, 15) is 0 Å². The highest BCUT2D eigenvalue weighted by atomic mass is 14.2. The molecule has 0 heterocycles. The molecule has 0 saturated carbocycles. The van der Waals surface area contributed by atoms with E-state index in [-0.39, 0.29) is 0 Å². The van der Waals surface area contributed by atoms with Crippen LogP contribution in [0.25, 0.3) is 0 Å². The van der Waals surface area contributed by atoms with Crippen LogP contribution in [0.5, 0.6) is 0 Å². The average Bonchev–Trinajstić information content (AvgIpc) is 1.94. The first-order chi connectivity index (χ1) is 4.74. The van der Waals surface area contributed by atoms with Crippen LogP contribution in [0, 0.1) is 18.3 Å². The molecule has 0 aliphatic carbocycles. The fourth-order valence-electron chi connectivity index (χ4n) is 0.856. The fourth-order valence-corrected chi connectivity index (χ4v) is 0.856. The largest absolute Gasteiger partial charge is 0.192 e. The molecule has 1 aromatic rings. The Kier molecular flexibility index (Phi) is 1.77. The average molecular weight is 129 g/mol. The SMILES string of the molecule is Bc1ccc(C)c(C#N)c1. The summed E-state index contributed by atoms with van der Waals surface area (Å²) in [6.45, 7) is 1.94. The lowest BCUT2D eigenvalue weighted by atomic mass is 9.93. The number of hydrogen-bond donors (Lipinski definition) is 0. The summed E-state index contributed by atoms with van der Waals surface area (Å²) >= 11 is 0. The van der Waals surface area contributed by atoms with Gasteiger partial charge in [0, 0.05) is 0 Å². The van der Waals surface area contributed by atoms with Crippen molar-refractivity contribution in [3.63, 3.8) is 0 Å². The number of nitrogens with zero attached hydrogens (tertiary/aromatic N) is 1. The van der Waals surface area contributed by atoms with Gasteiger partial charge in [-0.3, -0.25) is 0 Å². The molecule has 0 bridgehead atoms. The molecule has 10 heavy (non-hydrogen) atoms. The molecule has 0 aliphatic heterocycles. The molecule has 0 atom stereocenters. The van der Waals surface area contributed by atoms with Crippen LogP contribution in [0.15, 0.2) is 18.2 Å². The van der Waals surface area contributed by atoms with Gasteiger partial charge in [-0.15, -0.1) is 0 Å². The molecular formula is C8H8BN. The molecule has 48 valence electrons. The van der Waals surface area contributed by atoms with Gasteiger partial charge in [-0.2, -0.15) is 5.26 Å². The Morgan fingerprint density at radius 3 is 2.70 bits per heavy atom. The van der Waals surface area contributed by atoms with E-state index in [2.05, 4.69) is 6.07 Å². The Morgan fingerprint density at radius 2 is 2.20 bits per heavy atom. The maximum atomic E-state index is 8.59. The first kappa shape index (κ1) is 6.89. The predicted octanol–water partition coefficient (Wildman–Crippen LogP) is 0.125. The van der Waals surface area contributed by atoms with Crippen LogP contribution in [0.3, 0.4) is 0 Å². The van der Waals surface area contributed by atoms with Crippen molar-refractivity contribution in [3.05, 3.63) is 29.3 Å². The number of hydrogen-bond acceptors (Lipinski definition) is 1. The lowest BCUT2D eigenvalue weighted by Crippen LogP contribution is -2.02. The number of rotatable bonds is 0. The first-order valence-electron chi connectivity index (χ1n) is 3.21. The molecule has 1 nitrogen and oxygen atoms in total. The molecule has 0 spiro atoms. The van der Waals surface area contributed by atoms with Gasteiger partial charge < -0.3 is 0 Å². The molecule has 0 radical (unpaired) electrons. The molecule has 0 saturated heterocycles. The highest BCUT2D eigenvalue weighted by molar-refractivity contribution is 6.32. The summed E-state index contributed by atoms with van der Waals surface area (Å²) in [6, 6.07) is 8.01. The highest BCUT2D eigenvalue weighted by Crippen LogP contribution is 2.01. The minimum absolute atomic E-state index is 0.778. The minimum atomic E-state index is 0.778. The van der Waals surface area contributed by atoms with Crippen molar-refractivity contribution in [2.75, 3.05) is 0 Å². The van der Waals surface area contributed by atoms with Crippen LogP contribution < -0.4 is 5.46 Å². The summed E-state index contributed by atoms with van der Waals surface area (Å²) < 4.78 is 0. The fraction of sp³-hybridized carbons (Fsp3) is 0.125. The van der Waals surface area contributed by atoms with Crippen molar-refractivity contribution >= 4 is 13.3 Å². The van der Waals surface area contributed by atoms with E-state index in [4.69, 9.17) is 5.26 Å². The maximum Gasteiger partial charge on any atom is 0.139 e. The Bertz CT molecular complexity index is 286. The molecule has 1 aromatic carbocycles. The number of aryl methyl sites for hydroxylation is 1. The van der Waals surface area contributed by atoms with Crippen LogP contribution in [0.4, 0.5) is 0 Å². The van der Waals surface area contributed by atoms with Crippen LogP contribution in [0.2, 0.25) is 0 Å². The van der Waals surface area contributed by atoms with Crippen LogP contribution >= 0.6 is 0 Å². The van der Waals surface area contributed by atoms with Gasteiger partial charge in [-0.1, -0.05) is 23.7 Å². The summed E-state index contributed by atoms with van der Waals surface area (Å²) in [7, 11) is 1.99. The van der Waals surface area contributed by atoms with Crippen molar-refractivity contribution in [3.8, 4) is 6.07 Å². The minimum Gasteiger partial charge on any atom is -0.192 e. The van der Waals surface area contributed by atoms with E-state index in [0.717, 1.165) is 16.6 Å². The zero-order valence-electron chi connectivity index (χ0n) is 6.18. The molecule has 0 aromatic heterocycles. The van der Waals surface area contributed by atoms with Gasteiger partial charge in [0.1, 0.15) is 7.85 Å². The maximum absolute atomic E-state index is 8.59. The van der Waals surface area contributed by atoms with Gasteiger partial charge in [0.25, 0.3) is 0 Å². The standard InChI is InChI=1S/C8H8BN/c1-6-2-3-8(9)4-7(6)5-10/h2-4H,9H2,1H3. The van der Waals surface area contributed by atoms with E-state index in [1.165, 1.54) is 0 Å². The van der Waals surface area contributed by atoms with Crippen LogP contribution in [-0.2, 0) is 0 Å². The quantitative estimate of drug-likeness (QED) is 0.456. The number of benzene rings is 1. The van der Waals surface area contributed by atoms with Gasteiger partial charge in [0.05, 0.1) is 11.6 Å². The Hall–Kier alpha value is -1.23. The summed E-state index contributed by atoms with van der Waals surface area (Å²) in [5.74, 6) is 0. The third kappa shape index (κ3) is 1.19. The van der Waals surface area contributed by atoms with Gasteiger partial charge in [-0.25, -0.2) is 0 Å². The molecule has 2 heteroatoms. The Labute approximate surface area is 61.7 Å². The topological polar surface area (TPSA) is 23.8 Å². The number of nitriles is 1. The molecule has 0 unspecified atom stereocenters. The van der Waals surface area contributed by atoms with E-state index < -0.39 is 0 Å². The third-order valence-electron chi connectivity index (χ3n) is 1.51. The highest BCUT2D eigenvalue weighted by Gasteiger charge is 1.94. The van der Waals surface area contributed by atoms with Crippen LogP contribution in [-0.4, -0.2) is 7.85 Å². The zero-order valence-corrected chi connectivity index (χ0v) is 6.18. The normalized spacial score (nSPS) is 8.80. The van der Waals surface area contributed by atoms with Crippen LogP contribution in [0.1, 0.15) is 11.1 Å². The Morgan fingerprint density at radius 1 is 1.50 bits per heavy atom. The predicted molar refractivity (Wildman–Crippen MR) is 44.1 cm³/mol. The molecule has 0 fully saturated rings. The Balaban J connectivity index is 3.25. The molecule has 0 N–H and O–H groups in total. The zero-order chi connectivity index (χ0) is 7.56. The first-order valence-corrected chi connectivity index (χ1v) is 3.21. The van der Waals surface area contributed by atoms with Crippen molar-refractivity contribution in [2.45, 2.75) is 6.92 Å². The summed E-state index contributed by atoms with van der Waals surface area (Å²) in [5, 5.41) is 8.59. The smallest absolute Gasteiger partial charge is 0.139 e. The van der Waals surface area contributed by atoms with E-state index in [1.54, 1.807) is 0 Å². The summed E-state index contributed by atoms with van der Waals surface area (Å²) in [5.41, 5.74) is 2.97. The summed E-state index contributed by atoms with van der Waals surface area (Å²) in [4.78, 5) is 0. The third-order valence-corrected chi connectivity index (χ3v) is 1.51. The molecule has 0 aliphatic rings. The van der Waals surface area contributed by atoms with E-state index in [0.29, 0.717) is 0 Å². The van der Waals surface area contributed by atoms with Crippen molar-refractivity contribution in [2.24, 2.45) is 0 Å². The van der Waals surface area contributed by atoms with Gasteiger partial charge in [-0.05, 0) is 12.5 Å². The summed E-state index contributed by atoms with van der Waals surface area (Å²) in [6.07, 6.45) is 0. The molecule has 0 amide bonds.